The quantitative estimate of drug-likeness (QED) is 0.0727. The number of para-hydroxylation sites is 1. The summed E-state index contributed by atoms with van der Waals surface area (Å²) in [6, 6.07) is 25.2. The van der Waals surface area contributed by atoms with Gasteiger partial charge in [-0.25, -0.2) is 8.42 Å². The first kappa shape index (κ1) is 40.8. The van der Waals surface area contributed by atoms with Crippen LogP contribution in [0.4, 0.5) is 34.1 Å². The van der Waals surface area contributed by atoms with Crippen molar-refractivity contribution in [3.63, 3.8) is 0 Å². The Balaban J connectivity index is 0.000000306. The van der Waals surface area contributed by atoms with Crippen molar-refractivity contribution in [2.75, 3.05) is 0 Å². The van der Waals surface area contributed by atoms with Crippen molar-refractivity contribution < 1.29 is 57.8 Å². The molecular weight excluding hydrogens is 811 g/mol. The van der Waals surface area contributed by atoms with Crippen LogP contribution in [0.1, 0.15) is 8.55 Å². The third kappa shape index (κ3) is 8.65. The number of azo groups is 2. The fourth-order valence-corrected chi connectivity index (χ4v) is 6.05. The van der Waals surface area contributed by atoms with E-state index in [9.17, 15) is 53.3 Å². The molecule has 6 aromatic carbocycles. The van der Waals surface area contributed by atoms with E-state index in [1.165, 1.54) is 10.7 Å². The predicted molar refractivity (Wildman–Crippen MR) is 195 cm³/mol. The molecule has 0 spiro atoms. The first-order chi connectivity index (χ1) is 26.6. The maximum Gasteiger partial charge on any atom is 3.00 e. The number of nitro benzene ring substituents is 2. The molecule has 0 N–H and O–H groups in total. The van der Waals surface area contributed by atoms with E-state index >= 15 is 0 Å². The number of aromatic nitrogens is 2. The summed E-state index contributed by atoms with van der Waals surface area (Å²) in [7, 11) is -5.11. The van der Waals surface area contributed by atoms with E-state index in [2.05, 4.69) is 25.6 Å². The molecule has 19 nitrogen and oxygen atoms in total. The van der Waals surface area contributed by atoms with Crippen molar-refractivity contribution >= 4 is 65.8 Å². The third-order valence-electron chi connectivity index (χ3n) is 8.01. The second kappa shape index (κ2) is 16.6. The van der Waals surface area contributed by atoms with Gasteiger partial charge in [0.25, 0.3) is 16.9 Å². The summed E-state index contributed by atoms with van der Waals surface area (Å²) in [5, 5.41) is 78.5. The first-order valence-corrected chi connectivity index (χ1v) is 17.2. The van der Waals surface area contributed by atoms with E-state index in [-0.39, 0.29) is 58.8 Å². The van der Waals surface area contributed by atoms with Gasteiger partial charge in [-0.05, 0) is 29.7 Å². The molecule has 0 amide bonds. The molecule has 57 heavy (non-hydrogen) atoms. The average Bonchev–Trinajstić information content (AvgIpc) is 3.46. The summed E-state index contributed by atoms with van der Waals surface area (Å²) < 4.78 is 36.0. The van der Waals surface area contributed by atoms with Gasteiger partial charge in [-0.15, -0.1) is 10.8 Å². The van der Waals surface area contributed by atoms with E-state index in [1.54, 1.807) is 61.5 Å². The van der Waals surface area contributed by atoms with E-state index in [0.717, 1.165) is 36.4 Å². The third-order valence-corrected chi connectivity index (χ3v) is 8.89. The largest absolute Gasteiger partial charge is 3.00 e. The van der Waals surface area contributed by atoms with Crippen LogP contribution in [0.2, 0.25) is 0 Å². The van der Waals surface area contributed by atoms with Crippen LogP contribution in [0.3, 0.4) is 0 Å². The molecule has 0 fully saturated rings. The second-order valence-corrected chi connectivity index (χ2v) is 12.9. The second-order valence-electron chi connectivity index (χ2n) is 11.6. The number of nitro groups is 2. The number of benzene rings is 6. The van der Waals surface area contributed by atoms with E-state index < -0.39 is 53.4 Å². The number of aryl methyl sites for hydroxylation is 1. The van der Waals surface area contributed by atoms with Gasteiger partial charge < -0.3 is 29.7 Å². The summed E-state index contributed by atoms with van der Waals surface area (Å²) in [4.78, 5) is 32.0. The van der Waals surface area contributed by atoms with Gasteiger partial charge in [0.15, 0.2) is 0 Å². The maximum atomic E-state index is 12.5. The standard InChI is InChI=1S/C20H13N3O7S.C16H13N5O4.Co/c24-16-8-5-11-3-1-2-4-13(11)19(16)21-22-20-14-7-6-12(23(26)27)9-15(14)18(10-17(20)25)31(28,29)30;1-10-15(16(23)20(19-10)11-5-3-2-4-6-11)18-17-13-9-12(21(24)25)7-8-14(13)22;/h1-10,24-25H,(H,28,29,30);2-9H,1H3,(H2,17,18,19,22,23);/q;;+3/p-3. The minimum absolute atomic E-state index is 0. The molecule has 0 saturated heterocycles. The molecule has 1 aromatic heterocycles. The normalized spacial score (nSPS) is 11.4. The van der Waals surface area contributed by atoms with Crippen LogP contribution in [0.5, 0.6) is 17.2 Å². The molecule has 0 saturated carbocycles. The molecule has 7 rings (SSSR count). The number of hydrogen-bond donors (Lipinski definition) is 0. The first-order valence-electron chi connectivity index (χ1n) is 15.8. The Morgan fingerprint density at radius 1 is 0.649 bits per heavy atom. The smallest absolute Gasteiger partial charge is 0.871 e. The van der Waals surface area contributed by atoms with Crippen LogP contribution in [0.15, 0.2) is 139 Å². The van der Waals surface area contributed by atoms with Crippen LogP contribution in [-0.2, 0) is 26.9 Å². The zero-order chi connectivity index (χ0) is 40.3. The number of nitrogens with zero attached hydrogens (tertiary/aromatic N) is 8. The minimum atomic E-state index is -5.11. The molecule has 0 aliphatic heterocycles. The van der Waals surface area contributed by atoms with Crippen molar-refractivity contribution in [3.05, 3.63) is 145 Å². The maximum absolute atomic E-state index is 12.5. The van der Waals surface area contributed by atoms with Gasteiger partial charge >= 0.3 is 19.6 Å². The Hall–Kier alpha value is -7.33. The Kier molecular flexibility index (Phi) is 11.9. The van der Waals surface area contributed by atoms with Gasteiger partial charge in [0.2, 0.25) is 0 Å². The van der Waals surface area contributed by atoms with Gasteiger partial charge in [0, 0.05) is 46.1 Å². The van der Waals surface area contributed by atoms with Crippen LogP contribution in [0.25, 0.3) is 27.2 Å². The summed E-state index contributed by atoms with van der Waals surface area (Å²) in [5.41, 5.74) is -1.01. The zero-order valence-corrected chi connectivity index (χ0v) is 30.6. The summed E-state index contributed by atoms with van der Waals surface area (Å²) >= 11 is 0. The summed E-state index contributed by atoms with van der Waals surface area (Å²) in [5.74, 6) is -1.92. The van der Waals surface area contributed by atoms with Crippen LogP contribution in [0, 0.1) is 27.2 Å². The number of hydrogen-bond acceptors (Lipinski definition) is 15. The number of rotatable bonds is 8. The Morgan fingerprint density at radius 2 is 1.23 bits per heavy atom. The van der Waals surface area contributed by atoms with Gasteiger partial charge in [-0.2, -0.15) is 15.3 Å². The zero-order valence-electron chi connectivity index (χ0n) is 30.7. The van der Waals surface area contributed by atoms with Gasteiger partial charge in [0.1, 0.15) is 15.8 Å². The topological polar surface area (TPSA) is 298 Å². The summed E-state index contributed by atoms with van der Waals surface area (Å²) in [6.07, 6.45) is 0. The molecular formula is C36H23CoN8O11S. The molecule has 7 aromatic rings. The Morgan fingerprint density at radius 3 is 1.89 bits per heavy atom. The SMILES string of the molecule is Cc1[n-]n(-c2ccccc2)c(=O)c1N=Nc1cc([N+](=O)[O-])ccc1[O-].O=[N+]([O-])c1ccc2c(N=Nc3c([O-])ccc4ccccc34)c([O-])cc(S(=O)(=O)[O-])c2c1.[Co+3].[H+].[H+]. The van der Waals surface area contributed by atoms with E-state index in [1.807, 2.05) is 6.07 Å². The number of non-ortho nitro benzene ring substituents is 2. The average molecular weight is 835 g/mol. The Labute approximate surface area is 333 Å². The van der Waals surface area contributed by atoms with E-state index in [4.69, 9.17) is 0 Å². The molecule has 288 valence electrons. The Bertz CT molecular complexity index is 2950. The molecule has 0 unspecified atom stereocenters. The molecule has 0 bridgehead atoms. The molecule has 0 atom stereocenters. The van der Waals surface area contributed by atoms with E-state index in [0.29, 0.717) is 28.2 Å². The van der Waals surface area contributed by atoms with Crippen molar-refractivity contribution in [3.8, 4) is 22.9 Å². The molecule has 0 aliphatic rings. The van der Waals surface area contributed by atoms with Gasteiger partial charge in [-0.1, -0.05) is 84.8 Å². The molecule has 1 heterocycles. The monoisotopic (exact) mass is 834 g/mol. The van der Waals surface area contributed by atoms with Gasteiger partial charge in [0.05, 0.1) is 31.8 Å². The van der Waals surface area contributed by atoms with Crippen molar-refractivity contribution in [1.29, 1.82) is 0 Å². The van der Waals surface area contributed by atoms with Crippen LogP contribution in [-0.4, -0.2) is 27.5 Å². The fourth-order valence-electron chi connectivity index (χ4n) is 5.36. The number of fused-ring (bicyclic) bond motifs is 2. The van der Waals surface area contributed by atoms with Crippen molar-refractivity contribution in [2.24, 2.45) is 20.5 Å². The molecule has 0 aliphatic carbocycles. The summed E-state index contributed by atoms with van der Waals surface area (Å²) in [6.45, 7) is 1.58. The van der Waals surface area contributed by atoms with Crippen LogP contribution < -0.4 is 26.0 Å². The van der Waals surface area contributed by atoms with Crippen LogP contribution >= 0.6 is 0 Å². The predicted octanol–water partition coefficient (Wildman–Crippen LogP) is 6.09. The molecule has 21 heteroatoms. The minimum Gasteiger partial charge on any atom is -0.871 e. The van der Waals surface area contributed by atoms with Crippen molar-refractivity contribution in [1.82, 2.24) is 9.78 Å². The fraction of sp³-hybridized carbons (Fsp3) is 0.0278. The van der Waals surface area contributed by atoms with Gasteiger partial charge in [-0.3, -0.25) is 25.0 Å². The molecule has 0 radical (unpaired) electrons. The van der Waals surface area contributed by atoms with Crippen molar-refractivity contribution in [2.45, 2.75) is 11.8 Å².